The third-order valence-electron chi connectivity index (χ3n) is 2.19. The van der Waals surface area contributed by atoms with Crippen molar-refractivity contribution in [2.45, 2.75) is 13.1 Å². The third-order valence-corrected chi connectivity index (χ3v) is 3.71. The molecular formula is C12H11BrFNS. The number of thiophene rings is 1. The van der Waals surface area contributed by atoms with E-state index >= 15 is 0 Å². The van der Waals surface area contributed by atoms with E-state index in [0.717, 1.165) is 12.1 Å². The van der Waals surface area contributed by atoms with E-state index in [0.29, 0.717) is 11.0 Å². The first-order chi connectivity index (χ1) is 7.75. The van der Waals surface area contributed by atoms with Gasteiger partial charge in [0.2, 0.25) is 0 Å². The van der Waals surface area contributed by atoms with Gasteiger partial charge in [-0.2, -0.15) is 0 Å². The van der Waals surface area contributed by atoms with Gasteiger partial charge in [0.05, 0.1) is 4.47 Å². The van der Waals surface area contributed by atoms with Crippen LogP contribution in [0.25, 0.3) is 0 Å². The lowest BCUT2D eigenvalue weighted by Gasteiger charge is -2.04. The van der Waals surface area contributed by atoms with Crippen molar-refractivity contribution in [3.8, 4) is 0 Å². The van der Waals surface area contributed by atoms with E-state index in [4.69, 9.17) is 0 Å². The minimum atomic E-state index is -0.213. The van der Waals surface area contributed by atoms with E-state index in [1.165, 1.54) is 4.88 Å². The van der Waals surface area contributed by atoms with E-state index in [1.807, 2.05) is 12.1 Å². The zero-order chi connectivity index (χ0) is 11.4. The molecule has 0 saturated heterocycles. The predicted molar refractivity (Wildman–Crippen MR) is 69.0 cm³/mol. The van der Waals surface area contributed by atoms with Crippen molar-refractivity contribution in [3.05, 3.63) is 56.4 Å². The predicted octanol–water partition coefficient (Wildman–Crippen LogP) is 3.94. The molecule has 0 aliphatic heterocycles. The maximum absolute atomic E-state index is 13.2. The zero-order valence-electron chi connectivity index (χ0n) is 8.54. The van der Waals surface area contributed by atoms with Gasteiger partial charge in [0.1, 0.15) is 5.82 Å². The molecule has 0 atom stereocenters. The maximum atomic E-state index is 13.2. The van der Waals surface area contributed by atoms with Crippen LogP contribution in [0.2, 0.25) is 0 Å². The largest absolute Gasteiger partial charge is 0.308 e. The summed E-state index contributed by atoms with van der Waals surface area (Å²) in [6, 6.07) is 9.30. The molecule has 1 aromatic carbocycles. The van der Waals surface area contributed by atoms with Gasteiger partial charge in [-0.25, -0.2) is 4.39 Å². The highest BCUT2D eigenvalue weighted by atomic mass is 79.9. The van der Waals surface area contributed by atoms with E-state index in [9.17, 15) is 4.39 Å². The monoisotopic (exact) mass is 299 g/mol. The number of halogens is 2. The third kappa shape index (κ3) is 3.14. The van der Waals surface area contributed by atoms with Crippen molar-refractivity contribution in [1.29, 1.82) is 0 Å². The van der Waals surface area contributed by atoms with Crippen molar-refractivity contribution in [2.24, 2.45) is 0 Å². The van der Waals surface area contributed by atoms with Crippen LogP contribution >= 0.6 is 27.3 Å². The van der Waals surface area contributed by atoms with Gasteiger partial charge in [-0.05, 0) is 45.1 Å². The second-order valence-corrected chi connectivity index (χ2v) is 5.32. The van der Waals surface area contributed by atoms with Crippen molar-refractivity contribution in [3.63, 3.8) is 0 Å². The number of benzene rings is 1. The summed E-state index contributed by atoms with van der Waals surface area (Å²) < 4.78 is 13.7. The second kappa shape index (κ2) is 5.57. The SMILES string of the molecule is Fc1cc(CNCc2cccs2)ccc1Br. The van der Waals surface area contributed by atoms with Crippen LogP contribution in [0.4, 0.5) is 4.39 Å². The van der Waals surface area contributed by atoms with Crippen LogP contribution in [0.3, 0.4) is 0 Å². The molecule has 1 N–H and O–H groups in total. The fourth-order valence-electron chi connectivity index (χ4n) is 1.39. The molecule has 0 amide bonds. The summed E-state index contributed by atoms with van der Waals surface area (Å²) in [5.74, 6) is -0.213. The van der Waals surface area contributed by atoms with Crippen LogP contribution in [-0.4, -0.2) is 0 Å². The molecule has 0 aliphatic rings. The van der Waals surface area contributed by atoms with Crippen molar-refractivity contribution in [2.75, 3.05) is 0 Å². The molecule has 0 unspecified atom stereocenters. The summed E-state index contributed by atoms with van der Waals surface area (Å²) in [7, 11) is 0. The van der Waals surface area contributed by atoms with Gasteiger partial charge in [-0.15, -0.1) is 11.3 Å². The van der Waals surface area contributed by atoms with Gasteiger partial charge in [0.15, 0.2) is 0 Å². The van der Waals surface area contributed by atoms with Crippen molar-refractivity contribution in [1.82, 2.24) is 5.32 Å². The fraction of sp³-hybridized carbons (Fsp3) is 0.167. The Morgan fingerprint density at radius 3 is 2.81 bits per heavy atom. The first-order valence-corrected chi connectivity index (χ1v) is 6.60. The van der Waals surface area contributed by atoms with E-state index in [1.54, 1.807) is 23.5 Å². The summed E-state index contributed by atoms with van der Waals surface area (Å²) in [6.07, 6.45) is 0. The Morgan fingerprint density at radius 2 is 2.12 bits per heavy atom. The smallest absolute Gasteiger partial charge is 0.137 e. The normalized spacial score (nSPS) is 10.6. The first kappa shape index (κ1) is 11.8. The molecule has 0 radical (unpaired) electrons. The van der Waals surface area contributed by atoms with Gasteiger partial charge in [-0.1, -0.05) is 12.1 Å². The Balaban J connectivity index is 1.87. The summed E-state index contributed by atoms with van der Waals surface area (Å²) in [5.41, 5.74) is 0.956. The molecule has 2 aromatic rings. The summed E-state index contributed by atoms with van der Waals surface area (Å²) >= 11 is 4.85. The molecule has 1 aromatic heterocycles. The summed E-state index contributed by atoms with van der Waals surface area (Å²) in [5, 5.41) is 5.33. The molecule has 0 spiro atoms. The molecule has 1 nitrogen and oxygen atoms in total. The molecule has 0 aliphatic carbocycles. The Morgan fingerprint density at radius 1 is 1.25 bits per heavy atom. The molecule has 4 heteroatoms. The Kier molecular flexibility index (Phi) is 4.09. The highest BCUT2D eigenvalue weighted by Crippen LogP contribution is 2.16. The zero-order valence-corrected chi connectivity index (χ0v) is 10.9. The van der Waals surface area contributed by atoms with Crippen LogP contribution in [0.1, 0.15) is 10.4 Å². The molecule has 0 bridgehead atoms. The highest BCUT2D eigenvalue weighted by molar-refractivity contribution is 9.10. The standard InChI is InChI=1S/C12H11BrFNS/c13-11-4-3-9(6-12(11)14)7-15-8-10-2-1-5-16-10/h1-6,15H,7-8H2. The Bertz CT molecular complexity index is 456. The molecular weight excluding hydrogens is 289 g/mol. The van der Waals surface area contributed by atoms with Gasteiger partial charge in [0, 0.05) is 18.0 Å². The number of hydrogen-bond donors (Lipinski definition) is 1. The average Bonchev–Trinajstić information content (AvgIpc) is 2.76. The minimum absolute atomic E-state index is 0.213. The first-order valence-electron chi connectivity index (χ1n) is 4.93. The van der Waals surface area contributed by atoms with Crippen LogP contribution in [0.5, 0.6) is 0 Å². The van der Waals surface area contributed by atoms with Crippen molar-refractivity contribution >= 4 is 27.3 Å². The van der Waals surface area contributed by atoms with Gasteiger partial charge >= 0.3 is 0 Å². The van der Waals surface area contributed by atoms with Crippen LogP contribution in [-0.2, 0) is 13.1 Å². The average molecular weight is 300 g/mol. The molecule has 84 valence electrons. The highest BCUT2D eigenvalue weighted by Gasteiger charge is 2.00. The lowest BCUT2D eigenvalue weighted by Crippen LogP contribution is -2.11. The van der Waals surface area contributed by atoms with E-state index in [2.05, 4.69) is 32.7 Å². The van der Waals surface area contributed by atoms with Gasteiger partial charge in [0.25, 0.3) is 0 Å². The van der Waals surface area contributed by atoms with Gasteiger partial charge in [-0.3, -0.25) is 0 Å². The summed E-state index contributed by atoms with van der Waals surface area (Å²) in [6.45, 7) is 1.51. The quantitative estimate of drug-likeness (QED) is 0.902. The van der Waals surface area contributed by atoms with Crippen LogP contribution < -0.4 is 5.32 Å². The molecule has 2 rings (SSSR count). The summed E-state index contributed by atoms with van der Waals surface area (Å²) in [4.78, 5) is 1.29. The van der Waals surface area contributed by atoms with Crippen LogP contribution in [0, 0.1) is 5.82 Å². The maximum Gasteiger partial charge on any atom is 0.137 e. The van der Waals surface area contributed by atoms with E-state index in [-0.39, 0.29) is 5.82 Å². The molecule has 16 heavy (non-hydrogen) atoms. The van der Waals surface area contributed by atoms with Gasteiger partial charge < -0.3 is 5.32 Å². The fourth-order valence-corrected chi connectivity index (χ4v) is 2.31. The lowest BCUT2D eigenvalue weighted by atomic mass is 10.2. The lowest BCUT2D eigenvalue weighted by molar-refractivity contribution is 0.614. The van der Waals surface area contributed by atoms with Crippen molar-refractivity contribution < 1.29 is 4.39 Å². The minimum Gasteiger partial charge on any atom is -0.308 e. The second-order valence-electron chi connectivity index (χ2n) is 3.43. The Labute approximate surface area is 106 Å². The molecule has 0 saturated carbocycles. The number of nitrogens with one attached hydrogen (secondary N) is 1. The number of hydrogen-bond acceptors (Lipinski definition) is 2. The molecule has 1 heterocycles. The molecule has 0 fully saturated rings. The van der Waals surface area contributed by atoms with E-state index < -0.39 is 0 Å². The van der Waals surface area contributed by atoms with Crippen LogP contribution in [0.15, 0.2) is 40.2 Å². The number of rotatable bonds is 4. The Hall–Kier alpha value is -0.710. The topological polar surface area (TPSA) is 12.0 Å².